The summed E-state index contributed by atoms with van der Waals surface area (Å²) < 4.78 is 1.01. The third-order valence-corrected chi connectivity index (χ3v) is 3.54. The molecule has 0 bridgehead atoms. The van der Waals surface area contributed by atoms with Gasteiger partial charge in [-0.25, -0.2) is 0 Å². The van der Waals surface area contributed by atoms with E-state index >= 15 is 0 Å². The molecule has 4 heteroatoms. The summed E-state index contributed by atoms with van der Waals surface area (Å²) in [5.41, 5.74) is 1.19. The highest BCUT2D eigenvalue weighted by Gasteiger charge is 2.21. The zero-order valence-electron chi connectivity index (χ0n) is 8.09. The maximum absolute atomic E-state index is 11.0. The first-order chi connectivity index (χ1) is 7.15. The summed E-state index contributed by atoms with van der Waals surface area (Å²) in [4.78, 5) is 11.0. The van der Waals surface area contributed by atoms with Gasteiger partial charge in [0.1, 0.15) is 0 Å². The molecule has 1 N–H and O–H groups in total. The average molecular weight is 289 g/mol. The maximum Gasteiger partial charge on any atom is 0.220 e. The van der Waals surface area contributed by atoms with Crippen molar-refractivity contribution in [3.05, 3.63) is 33.3 Å². The first kappa shape index (κ1) is 11.0. The number of hydrogen-bond donors (Lipinski definition) is 1. The van der Waals surface area contributed by atoms with Gasteiger partial charge in [-0.05, 0) is 30.5 Å². The molecule has 1 heterocycles. The Kier molecular flexibility index (Phi) is 3.32. The molecule has 1 unspecified atom stereocenters. The Morgan fingerprint density at radius 1 is 1.53 bits per heavy atom. The molecule has 1 aromatic rings. The number of halogens is 2. The monoisotopic (exact) mass is 287 g/mol. The predicted molar refractivity (Wildman–Crippen MR) is 64.0 cm³/mol. The van der Waals surface area contributed by atoms with Crippen LogP contribution in [0.4, 0.5) is 0 Å². The molecule has 2 nitrogen and oxygen atoms in total. The van der Waals surface area contributed by atoms with Crippen LogP contribution in [0.25, 0.3) is 0 Å². The third-order valence-electron chi connectivity index (χ3n) is 2.57. The van der Waals surface area contributed by atoms with Crippen molar-refractivity contribution in [2.45, 2.75) is 25.3 Å². The van der Waals surface area contributed by atoms with E-state index in [0.29, 0.717) is 6.42 Å². The van der Waals surface area contributed by atoms with Crippen LogP contribution >= 0.6 is 27.5 Å². The topological polar surface area (TPSA) is 29.1 Å². The molecule has 80 valence electrons. The van der Waals surface area contributed by atoms with Gasteiger partial charge in [0.15, 0.2) is 0 Å². The van der Waals surface area contributed by atoms with Crippen LogP contribution in [0.3, 0.4) is 0 Å². The van der Waals surface area contributed by atoms with Crippen molar-refractivity contribution in [3.63, 3.8) is 0 Å². The number of benzene rings is 1. The van der Waals surface area contributed by atoms with E-state index in [-0.39, 0.29) is 11.9 Å². The molecule has 2 rings (SSSR count). The number of amides is 1. The molecule has 1 amide bonds. The smallest absolute Gasteiger partial charge is 0.220 e. The maximum atomic E-state index is 11.0. The third kappa shape index (κ3) is 2.73. The minimum absolute atomic E-state index is 0.157. The average Bonchev–Trinajstić information content (AvgIpc) is 2.56. The lowest BCUT2D eigenvalue weighted by Crippen LogP contribution is -2.27. The van der Waals surface area contributed by atoms with Gasteiger partial charge in [-0.3, -0.25) is 4.79 Å². The van der Waals surface area contributed by atoms with Crippen molar-refractivity contribution in [2.75, 3.05) is 0 Å². The second-order valence-corrected chi connectivity index (χ2v) is 5.03. The van der Waals surface area contributed by atoms with Gasteiger partial charge >= 0.3 is 0 Å². The normalized spacial score (nSPS) is 20.4. The van der Waals surface area contributed by atoms with E-state index in [2.05, 4.69) is 21.2 Å². The lowest BCUT2D eigenvalue weighted by atomic mass is 10.1. The van der Waals surface area contributed by atoms with Crippen molar-refractivity contribution >= 4 is 33.4 Å². The Labute approximate surface area is 102 Å². The Balaban J connectivity index is 2.07. The van der Waals surface area contributed by atoms with Gasteiger partial charge in [0.25, 0.3) is 0 Å². The Hall–Kier alpha value is -0.540. The summed E-state index contributed by atoms with van der Waals surface area (Å²) in [6.45, 7) is 0. The highest BCUT2D eigenvalue weighted by Crippen LogP contribution is 2.24. The number of hydrogen-bond acceptors (Lipinski definition) is 1. The van der Waals surface area contributed by atoms with Gasteiger partial charge in [-0.1, -0.05) is 33.6 Å². The molecule has 0 spiro atoms. The first-order valence-electron chi connectivity index (χ1n) is 4.88. The van der Waals surface area contributed by atoms with E-state index in [1.54, 1.807) is 0 Å². The van der Waals surface area contributed by atoms with Crippen LogP contribution in [-0.4, -0.2) is 11.9 Å². The van der Waals surface area contributed by atoms with Crippen LogP contribution in [-0.2, 0) is 11.2 Å². The number of carbonyl (C=O) groups excluding carboxylic acids is 1. The van der Waals surface area contributed by atoms with Crippen molar-refractivity contribution in [1.82, 2.24) is 5.32 Å². The lowest BCUT2D eigenvalue weighted by molar-refractivity contribution is -0.119. The molecule has 1 aliphatic heterocycles. The lowest BCUT2D eigenvalue weighted by Gasteiger charge is -2.11. The highest BCUT2D eigenvalue weighted by atomic mass is 79.9. The highest BCUT2D eigenvalue weighted by molar-refractivity contribution is 9.10. The fourth-order valence-corrected chi connectivity index (χ4v) is 2.63. The number of rotatable bonds is 2. The second kappa shape index (κ2) is 4.54. The molecule has 15 heavy (non-hydrogen) atoms. The molecule has 1 aromatic carbocycles. The fourth-order valence-electron chi connectivity index (χ4n) is 1.78. The van der Waals surface area contributed by atoms with Gasteiger partial charge in [-0.2, -0.15) is 0 Å². The van der Waals surface area contributed by atoms with Crippen LogP contribution < -0.4 is 5.32 Å². The van der Waals surface area contributed by atoms with Crippen molar-refractivity contribution in [1.29, 1.82) is 0 Å². The van der Waals surface area contributed by atoms with E-state index in [0.717, 1.165) is 22.3 Å². The molecule has 1 saturated heterocycles. The van der Waals surface area contributed by atoms with Crippen LogP contribution in [0.15, 0.2) is 22.7 Å². The summed E-state index contributed by atoms with van der Waals surface area (Å²) >= 11 is 9.33. The first-order valence-corrected chi connectivity index (χ1v) is 6.05. The van der Waals surface area contributed by atoms with E-state index in [4.69, 9.17) is 11.6 Å². The largest absolute Gasteiger partial charge is 0.353 e. The summed E-state index contributed by atoms with van der Waals surface area (Å²) in [6.07, 6.45) is 2.44. The molecular weight excluding hydrogens is 277 g/mol. The van der Waals surface area contributed by atoms with E-state index in [9.17, 15) is 4.79 Å². The zero-order chi connectivity index (χ0) is 10.8. The van der Waals surface area contributed by atoms with E-state index in [1.165, 1.54) is 5.56 Å². The van der Waals surface area contributed by atoms with Crippen LogP contribution in [0.5, 0.6) is 0 Å². The minimum atomic E-state index is 0.157. The number of carbonyl (C=O) groups is 1. The predicted octanol–water partition coefficient (Wildman–Crippen LogP) is 2.92. The summed E-state index contributed by atoms with van der Waals surface area (Å²) in [7, 11) is 0. The standard InChI is InChI=1S/C11H11BrClNO/c12-10-6-8(13)2-1-7(10)5-9-3-4-11(15)14-9/h1-2,6,9H,3-5H2,(H,14,15). The van der Waals surface area contributed by atoms with Gasteiger partial charge < -0.3 is 5.32 Å². The molecule has 1 aliphatic rings. The summed E-state index contributed by atoms with van der Waals surface area (Å²) in [5.74, 6) is 0.157. The summed E-state index contributed by atoms with van der Waals surface area (Å²) in [5, 5.41) is 3.67. The van der Waals surface area contributed by atoms with Gasteiger partial charge in [-0.15, -0.1) is 0 Å². The Morgan fingerprint density at radius 3 is 2.93 bits per heavy atom. The van der Waals surface area contributed by atoms with Gasteiger partial charge in [0.2, 0.25) is 5.91 Å². The molecule has 0 radical (unpaired) electrons. The van der Waals surface area contributed by atoms with Crippen molar-refractivity contribution in [3.8, 4) is 0 Å². The minimum Gasteiger partial charge on any atom is -0.353 e. The quantitative estimate of drug-likeness (QED) is 0.891. The van der Waals surface area contributed by atoms with Gasteiger partial charge in [0, 0.05) is 22.0 Å². The molecule has 0 saturated carbocycles. The number of nitrogens with one attached hydrogen (secondary N) is 1. The Bertz CT molecular complexity index is 394. The summed E-state index contributed by atoms with van der Waals surface area (Å²) in [6, 6.07) is 6.03. The van der Waals surface area contributed by atoms with Crippen LogP contribution in [0.2, 0.25) is 5.02 Å². The molecule has 0 aromatic heterocycles. The zero-order valence-corrected chi connectivity index (χ0v) is 10.4. The Morgan fingerprint density at radius 2 is 2.33 bits per heavy atom. The fraction of sp³-hybridized carbons (Fsp3) is 0.364. The van der Waals surface area contributed by atoms with Crippen molar-refractivity contribution < 1.29 is 4.79 Å². The van der Waals surface area contributed by atoms with E-state index < -0.39 is 0 Å². The van der Waals surface area contributed by atoms with Crippen molar-refractivity contribution in [2.24, 2.45) is 0 Å². The second-order valence-electron chi connectivity index (χ2n) is 3.74. The molecular formula is C11H11BrClNO. The van der Waals surface area contributed by atoms with E-state index in [1.807, 2.05) is 18.2 Å². The van der Waals surface area contributed by atoms with Gasteiger partial charge in [0.05, 0.1) is 0 Å². The SMILES string of the molecule is O=C1CCC(Cc2ccc(Cl)cc2Br)N1. The van der Waals surface area contributed by atoms with Crippen LogP contribution in [0, 0.1) is 0 Å². The molecule has 1 atom stereocenters. The molecule has 1 fully saturated rings. The molecule has 0 aliphatic carbocycles. The van der Waals surface area contributed by atoms with Crippen LogP contribution in [0.1, 0.15) is 18.4 Å².